The first-order valence-corrected chi connectivity index (χ1v) is 6.90. The number of carboxylic acids is 1. The van der Waals surface area contributed by atoms with Gasteiger partial charge in [0.25, 0.3) is 0 Å². The molecule has 1 heterocycles. The molecule has 100 valence electrons. The van der Waals surface area contributed by atoms with E-state index in [-0.39, 0.29) is 6.42 Å². The van der Waals surface area contributed by atoms with Gasteiger partial charge >= 0.3 is 5.97 Å². The van der Waals surface area contributed by atoms with Crippen LogP contribution in [0.5, 0.6) is 0 Å². The number of hydrogen-bond acceptors (Lipinski definition) is 2. The topological polar surface area (TPSA) is 50.4 Å². The van der Waals surface area contributed by atoms with Gasteiger partial charge in [-0.15, -0.1) is 0 Å². The first-order valence-electron chi connectivity index (χ1n) is 6.90. The summed E-state index contributed by atoms with van der Waals surface area (Å²) in [5.41, 5.74) is 4.75. The first kappa shape index (κ1) is 12.3. The maximum Gasteiger partial charge on any atom is 0.303 e. The Bertz CT molecular complexity index is 637. The van der Waals surface area contributed by atoms with Gasteiger partial charge in [0.15, 0.2) is 0 Å². The van der Waals surface area contributed by atoms with Gasteiger partial charge in [0.05, 0.1) is 0 Å². The van der Waals surface area contributed by atoms with E-state index < -0.39 is 5.97 Å². The zero-order valence-corrected chi connectivity index (χ0v) is 11.2. The SMILES string of the molecule is Cc1cc(CCCC(=O)O)c2oc3c(c2c1)CCC3. The van der Waals surface area contributed by atoms with Crippen molar-refractivity contribution in [3.8, 4) is 0 Å². The van der Waals surface area contributed by atoms with E-state index in [1.54, 1.807) is 0 Å². The van der Waals surface area contributed by atoms with Crippen LogP contribution in [0.25, 0.3) is 11.0 Å². The second-order valence-electron chi connectivity index (χ2n) is 5.41. The monoisotopic (exact) mass is 258 g/mol. The van der Waals surface area contributed by atoms with Crippen LogP contribution in [0.3, 0.4) is 0 Å². The minimum atomic E-state index is -0.731. The average Bonchev–Trinajstić information content (AvgIpc) is 2.90. The van der Waals surface area contributed by atoms with Crippen LogP contribution >= 0.6 is 0 Å². The standard InChI is InChI=1S/C16H18O3/c1-10-8-11(4-2-7-15(17)18)16-13(9-10)12-5-3-6-14(12)19-16/h8-9H,2-7H2,1H3,(H,17,18). The quantitative estimate of drug-likeness (QED) is 0.910. The van der Waals surface area contributed by atoms with Gasteiger partial charge in [-0.25, -0.2) is 0 Å². The van der Waals surface area contributed by atoms with Gasteiger partial charge in [-0.05, 0) is 49.8 Å². The molecule has 1 aromatic heterocycles. The van der Waals surface area contributed by atoms with Gasteiger partial charge in [-0.1, -0.05) is 6.07 Å². The van der Waals surface area contributed by atoms with Crippen molar-refractivity contribution in [2.45, 2.75) is 45.4 Å². The molecule has 0 atom stereocenters. The highest BCUT2D eigenvalue weighted by atomic mass is 16.4. The molecule has 0 amide bonds. The molecule has 1 aromatic carbocycles. The second kappa shape index (κ2) is 4.72. The van der Waals surface area contributed by atoms with E-state index in [9.17, 15) is 4.79 Å². The Morgan fingerprint density at radius 3 is 3.00 bits per heavy atom. The van der Waals surface area contributed by atoms with Crippen molar-refractivity contribution >= 4 is 16.9 Å². The van der Waals surface area contributed by atoms with Crippen molar-refractivity contribution in [2.24, 2.45) is 0 Å². The van der Waals surface area contributed by atoms with Crippen molar-refractivity contribution in [3.63, 3.8) is 0 Å². The van der Waals surface area contributed by atoms with E-state index in [2.05, 4.69) is 19.1 Å². The predicted molar refractivity (Wildman–Crippen MR) is 73.5 cm³/mol. The van der Waals surface area contributed by atoms with Crippen molar-refractivity contribution in [2.75, 3.05) is 0 Å². The Morgan fingerprint density at radius 2 is 2.21 bits per heavy atom. The fraction of sp³-hybridized carbons (Fsp3) is 0.438. The number of carbonyl (C=O) groups is 1. The number of aryl methyl sites for hydroxylation is 4. The maximum absolute atomic E-state index is 10.6. The minimum absolute atomic E-state index is 0.218. The molecule has 0 unspecified atom stereocenters. The van der Waals surface area contributed by atoms with Crippen molar-refractivity contribution in [1.82, 2.24) is 0 Å². The molecule has 1 aliphatic rings. The highest BCUT2D eigenvalue weighted by molar-refractivity contribution is 5.86. The van der Waals surface area contributed by atoms with E-state index >= 15 is 0 Å². The maximum atomic E-state index is 10.6. The Balaban J connectivity index is 1.97. The molecule has 0 spiro atoms. The van der Waals surface area contributed by atoms with Crippen LogP contribution in [-0.2, 0) is 24.1 Å². The lowest BCUT2D eigenvalue weighted by Gasteiger charge is -2.04. The highest BCUT2D eigenvalue weighted by Crippen LogP contribution is 2.35. The van der Waals surface area contributed by atoms with E-state index in [0.717, 1.165) is 36.2 Å². The number of benzene rings is 1. The summed E-state index contributed by atoms with van der Waals surface area (Å²) >= 11 is 0. The van der Waals surface area contributed by atoms with Crippen LogP contribution < -0.4 is 0 Å². The molecule has 19 heavy (non-hydrogen) atoms. The first-order chi connectivity index (χ1) is 9.15. The Hall–Kier alpha value is -1.77. The van der Waals surface area contributed by atoms with E-state index in [1.807, 2.05) is 0 Å². The van der Waals surface area contributed by atoms with Crippen LogP contribution in [0.1, 0.15) is 41.7 Å². The van der Waals surface area contributed by atoms with Crippen LogP contribution in [0.4, 0.5) is 0 Å². The summed E-state index contributed by atoms with van der Waals surface area (Å²) in [5, 5.41) is 9.98. The summed E-state index contributed by atoms with van der Waals surface area (Å²) in [6, 6.07) is 4.33. The van der Waals surface area contributed by atoms with Crippen LogP contribution in [0.2, 0.25) is 0 Å². The number of aliphatic carboxylic acids is 1. The number of hydrogen-bond donors (Lipinski definition) is 1. The molecule has 0 saturated heterocycles. The van der Waals surface area contributed by atoms with Gasteiger partial charge in [-0.3, -0.25) is 4.79 Å². The summed E-state index contributed by atoms with van der Waals surface area (Å²) in [4.78, 5) is 10.6. The second-order valence-corrected chi connectivity index (χ2v) is 5.41. The Morgan fingerprint density at radius 1 is 1.37 bits per heavy atom. The normalized spacial score (nSPS) is 13.9. The third-order valence-corrected chi connectivity index (χ3v) is 3.86. The smallest absolute Gasteiger partial charge is 0.303 e. The lowest BCUT2D eigenvalue weighted by Crippen LogP contribution is -1.96. The third-order valence-electron chi connectivity index (χ3n) is 3.86. The molecule has 2 aromatic rings. The van der Waals surface area contributed by atoms with Gasteiger partial charge in [0.1, 0.15) is 11.3 Å². The van der Waals surface area contributed by atoms with E-state index in [0.29, 0.717) is 6.42 Å². The number of fused-ring (bicyclic) bond motifs is 3. The van der Waals surface area contributed by atoms with Gasteiger partial charge in [0, 0.05) is 23.8 Å². The van der Waals surface area contributed by atoms with Crippen LogP contribution in [-0.4, -0.2) is 11.1 Å². The molecule has 3 rings (SSSR count). The molecule has 0 aliphatic heterocycles. The summed E-state index contributed by atoms with van der Waals surface area (Å²) in [6.07, 6.45) is 5.00. The molecular formula is C16H18O3. The third kappa shape index (κ3) is 2.25. The zero-order chi connectivity index (χ0) is 13.4. The van der Waals surface area contributed by atoms with Gasteiger partial charge in [0.2, 0.25) is 0 Å². The molecule has 0 fully saturated rings. The lowest BCUT2D eigenvalue weighted by molar-refractivity contribution is -0.137. The molecule has 3 heteroatoms. The van der Waals surface area contributed by atoms with Crippen LogP contribution in [0.15, 0.2) is 16.5 Å². The Labute approximate surface area is 112 Å². The summed E-state index contributed by atoms with van der Waals surface area (Å²) in [5.74, 6) is 0.408. The average molecular weight is 258 g/mol. The fourth-order valence-corrected chi connectivity index (χ4v) is 3.05. The highest BCUT2D eigenvalue weighted by Gasteiger charge is 2.21. The van der Waals surface area contributed by atoms with Crippen molar-refractivity contribution in [1.29, 1.82) is 0 Å². The fourth-order valence-electron chi connectivity index (χ4n) is 3.05. The van der Waals surface area contributed by atoms with E-state index in [4.69, 9.17) is 9.52 Å². The zero-order valence-electron chi connectivity index (χ0n) is 11.2. The molecule has 1 aliphatic carbocycles. The molecule has 0 radical (unpaired) electrons. The van der Waals surface area contributed by atoms with Crippen molar-refractivity contribution < 1.29 is 14.3 Å². The molecule has 1 N–H and O–H groups in total. The molecule has 3 nitrogen and oxygen atoms in total. The number of rotatable bonds is 4. The van der Waals surface area contributed by atoms with Gasteiger partial charge < -0.3 is 9.52 Å². The number of furan rings is 1. The van der Waals surface area contributed by atoms with E-state index in [1.165, 1.54) is 22.9 Å². The van der Waals surface area contributed by atoms with Gasteiger partial charge in [-0.2, -0.15) is 0 Å². The summed E-state index contributed by atoms with van der Waals surface area (Å²) < 4.78 is 6.01. The summed E-state index contributed by atoms with van der Waals surface area (Å²) in [6.45, 7) is 2.09. The van der Waals surface area contributed by atoms with Crippen LogP contribution in [0, 0.1) is 6.92 Å². The molecule has 0 bridgehead atoms. The van der Waals surface area contributed by atoms with Crippen molar-refractivity contribution in [3.05, 3.63) is 34.6 Å². The largest absolute Gasteiger partial charge is 0.481 e. The predicted octanol–water partition coefficient (Wildman–Crippen LogP) is 3.64. The minimum Gasteiger partial charge on any atom is -0.481 e. The molecule has 0 saturated carbocycles. The lowest BCUT2D eigenvalue weighted by atomic mass is 10.0. The molecular weight excluding hydrogens is 240 g/mol. The Kier molecular flexibility index (Phi) is 3.05. The number of carboxylic acid groups (broad SMARTS) is 1. The summed E-state index contributed by atoms with van der Waals surface area (Å²) in [7, 11) is 0.